The van der Waals surface area contributed by atoms with Crippen molar-refractivity contribution in [2.75, 3.05) is 13.1 Å². The van der Waals surface area contributed by atoms with Gasteiger partial charge in [-0.1, -0.05) is 22.5 Å². The van der Waals surface area contributed by atoms with Crippen LogP contribution in [0.25, 0.3) is 11.0 Å². The van der Waals surface area contributed by atoms with Crippen LogP contribution in [0.4, 0.5) is 0 Å². The molecule has 0 N–H and O–H groups in total. The van der Waals surface area contributed by atoms with E-state index in [1.165, 1.54) is 0 Å². The third-order valence-electron chi connectivity index (χ3n) is 3.80. The summed E-state index contributed by atoms with van der Waals surface area (Å²) in [7, 11) is 0. The van der Waals surface area contributed by atoms with Crippen molar-refractivity contribution in [3.63, 3.8) is 0 Å². The Bertz CT molecular complexity index is 774. The number of hydrogen-bond acceptors (Lipinski definition) is 5. The summed E-state index contributed by atoms with van der Waals surface area (Å²) >= 11 is 0. The maximum atomic E-state index is 12.3. The second kappa shape index (κ2) is 4.69. The lowest BCUT2D eigenvalue weighted by Gasteiger charge is -2.38. The van der Waals surface area contributed by atoms with E-state index in [9.17, 15) is 4.79 Å². The summed E-state index contributed by atoms with van der Waals surface area (Å²) in [5, 5.41) is 12.6. The number of aromatic nitrogens is 4. The lowest BCUT2D eigenvalue weighted by molar-refractivity contribution is -0.136. The number of carbonyl (C=O) groups excluding carboxylic acids is 1. The van der Waals surface area contributed by atoms with Gasteiger partial charge in [0.1, 0.15) is 5.69 Å². The van der Waals surface area contributed by atoms with E-state index in [0.717, 1.165) is 5.39 Å². The van der Waals surface area contributed by atoms with Crippen LogP contribution in [-0.4, -0.2) is 44.0 Å². The third kappa shape index (κ3) is 2.06. The van der Waals surface area contributed by atoms with Gasteiger partial charge in [0.15, 0.2) is 5.58 Å². The molecular weight excluding hydrogens is 270 g/mol. The lowest BCUT2D eigenvalue weighted by atomic mass is 10.1. The molecule has 0 atom stereocenters. The van der Waals surface area contributed by atoms with Crippen LogP contribution in [0.3, 0.4) is 0 Å². The molecule has 7 nitrogen and oxygen atoms in total. The summed E-state index contributed by atoms with van der Waals surface area (Å²) in [6, 6.07) is 7.80. The van der Waals surface area contributed by atoms with Gasteiger partial charge >= 0.3 is 0 Å². The number of hydrogen-bond donors (Lipinski definition) is 0. The molecule has 1 aliphatic heterocycles. The predicted molar refractivity (Wildman–Crippen MR) is 73.4 cm³/mol. The van der Waals surface area contributed by atoms with E-state index >= 15 is 0 Å². The van der Waals surface area contributed by atoms with E-state index in [4.69, 9.17) is 4.52 Å². The molecule has 1 aliphatic rings. The van der Waals surface area contributed by atoms with Crippen LogP contribution in [0.2, 0.25) is 0 Å². The number of carbonyl (C=O) groups is 1. The Morgan fingerprint density at radius 3 is 3.00 bits per heavy atom. The third-order valence-corrected chi connectivity index (χ3v) is 3.80. The summed E-state index contributed by atoms with van der Waals surface area (Å²) in [6.45, 7) is 1.33. The summed E-state index contributed by atoms with van der Waals surface area (Å²) < 4.78 is 7.01. The van der Waals surface area contributed by atoms with Gasteiger partial charge in [-0.3, -0.25) is 4.79 Å². The fraction of sp³-hybridized carbons (Fsp3) is 0.286. The Morgan fingerprint density at radius 1 is 1.33 bits per heavy atom. The van der Waals surface area contributed by atoms with E-state index in [1.54, 1.807) is 15.8 Å². The van der Waals surface area contributed by atoms with E-state index in [1.807, 2.05) is 30.5 Å². The summed E-state index contributed by atoms with van der Waals surface area (Å²) in [5.41, 5.74) is 1.41. The van der Waals surface area contributed by atoms with Gasteiger partial charge in [-0.2, -0.15) is 0 Å². The summed E-state index contributed by atoms with van der Waals surface area (Å²) in [5.74, 6) is 0.0606. The van der Waals surface area contributed by atoms with Crippen molar-refractivity contribution in [3.8, 4) is 0 Å². The zero-order valence-electron chi connectivity index (χ0n) is 11.2. The van der Waals surface area contributed by atoms with E-state index in [0.29, 0.717) is 24.4 Å². The quantitative estimate of drug-likeness (QED) is 0.718. The normalized spacial score (nSPS) is 15.3. The summed E-state index contributed by atoms with van der Waals surface area (Å²) in [4.78, 5) is 14.1. The van der Waals surface area contributed by atoms with Crippen molar-refractivity contribution in [1.82, 2.24) is 25.1 Å². The van der Waals surface area contributed by atoms with Crippen molar-refractivity contribution in [2.24, 2.45) is 0 Å². The zero-order chi connectivity index (χ0) is 14.2. The molecule has 4 rings (SSSR count). The highest BCUT2D eigenvalue weighted by Gasteiger charge is 2.32. The molecule has 21 heavy (non-hydrogen) atoms. The van der Waals surface area contributed by atoms with Crippen molar-refractivity contribution >= 4 is 16.9 Å². The largest absolute Gasteiger partial charge is 0.356 e. The van der Waals surface area contributed by atoms with E-state index < -0.39 is 0 Å². The fourth-order valence-corrected chi connectivity index (χ4v) is 2.56. The predicted octanol–water partition coefficient (Wildman–Crippen LogP) is 1.05. The zero-order valence-corrected chi connectivity index (χ0v) is 11.2. The molecule has 1 saturated heterocycles. The average Bonchev–Trinajstić information content (AvgIpc) is 3.08. The van der Waals surface area contributed by atoms with Gasteiger partial charge in [0.2, 0.25) is 5.91 Å². The Labute approximate surface area is 120 Å². The van der Waals surface area contributed by atoms with Gasteiger partial charge in [0.25, 0.3) is 0 Å². The number of para-hydroxylation sites is 1. The number of benzene rings is 1. The highest BCUT2D eigenvalue weighted by Crippen LogP contribution is 2.23. The van der Waals surface area contributed by atoms with Crippen LogP contribution in [-0.2, 0) is 11.2 Å². The number of likely N-dealkylation sites (tertiary alicyclic amines) is 1. The minimum absolute atomic E-state index is 0.0606. The Hall–Kier alpha value is -2.70. The molecule has 1 amide bonds. The second-order valence-corrected chi connectivity index (χ2v) is 5.14. The molecule has 0 radical (unpaired) electrons. The van der Waals surface area contributed by atoms with Crippen LogP contribution in [0, 0.1) is 0 Å². The van der Waals surface area contributed by atoms with Crippen molar-refractivity contribution < 1.29 is 9.32 Å². The number of amides is 1. The topological polar surface area (TPSA) is 77.0 Å². The first-order valence-corrected chi connectivity index (χ1v) is 6.78. The second-order valence-electron chi connectivity index (χ2n) is 5.14. The molecule has 0 spiro atoms. The van der Waals surface area contributed by atoms with Gasteiger partial charge < -0.3 is 9.42 Å². The van der Waals surface area contributed by atoms with Gasteiger partial charge in [0, 0.05) is 24.7 Å². The lowest BCUT2D eigenvalue weighted by Crippen LogP contribution is -2.51. The van der Waals surface area contributed by atoms with Crippen molar-refractivity contribution in [1.29, 1.82) is 0 Å². The molecule has 0 unspecified atom stereocenters. The van der Waals surface area contributed by atoms with Gasteiger partial charge in [-0.05, 0) is 12.1 Å². The highest BCUT2D eigenvalue weighted by atomic mass is 16.5. The SMILES string of the molecule is O=C(Cc1noc2ccccc12)N1CC(n2ccnn2)C1. The number of nitrogens with zero attached hydrogens (tertiary/aromatic N) is 5. The van der Waals surface area contributed by atoms with Gasteiger partial charge in [-0.25, -0.2) is 4.68 Å². The number of fused-ring (bicyclic) bond motifs is 1. The molecule has 106 valence electrons. The monoisotopic (exact) mass is 283 g/mol. The van der Waals surface area contributed by atoms with Crippen LogP contribution in [0.15, 0.2) is 41.2 Å². The van der Waals surface area contributed by atoms with Crippen molar-refractivity contribution in [2.45, 2.75) is 12.5 Å². The molecule has 3 aromatic rings. The van der Waals surface area contributed by atoms with Gasteiger partial charge in [0.05, 0.1) is 18.7 Å². The highest BCUT2D eigenvalue weighted by molar-refractivity contribution is 5.86. The van der Waals surface area contributed by atoms with Crippen LogP contribution < -0.4 is 0 Å². The number of rotatable bonds is 3. The first-order chi connectivity index (χ1) is 10.3. The maximum absolute atomic E-state index is 12.3. The van der Waals surface area contributed by atoms with E-state index in [-0.39, 0.29) is 18.4 Å². The molecule has 2 aromatic heterocycles. The molecule has 7 heteroatoms. The minimum atomic E-state index is 0.0606. The summed E-state index contributed by atoms with van der Waals surface area (Å²) in [6.07, 6.45) is 3.73. The van der Waals surface area contributed by atoms with Crippen LogP contribution in [0.1, 0.15) is 11.7 Å². The van der Waals surface area contributed by atoms with Crippen molar-refractivity contribution in [3.05, 3.63) is 42.4 Å². The molecular formula is C14H13N5O2. The Morgan fingerprint density at radius 2 is 2.19 bits per heavy atom. The smallest absolute Gasteiger partial charge is 0.228 e. The standard InChI is InChI=1S/C14H13N5O2/c20-14(18-8-10(9-18)19-6-5-15-17-19)7-12-11-3-1-2-4-13(11)21-16-12/h1-6,10H,7-9H2. The first kappa shape index (κ1) is 12.1. The molecule has 3 heterocycles. The molecule has 0 bridgehead atoms. The van der Waals surface area contributed by atoms with Crippen LogP contribution >= 0.6 is 0 Å². The average molecular weight is 283 g/mol. The first-order valence-electron chi connectivity index (χ1n) is 6.78. The van der Waals surface area contributed by atoms with E-state index in [2.05, 4.69) is 15.5 Å². The molecule has 0 aliphatic carbocycles. The van der Waals surface area contributed by atoms with Gasteiger partial charge in [-0.15, -0.1) is 5.10 Å². The van der Waals surface area contributed by atoms with Crippen LogP contribution in [0.5, 0.6) is 0 Å². The molecule has 1 aromatic carbocycles. The Kier molecular flexibility index (Phi) is 2.70. The molecule has 0 saturated carbocycles. The molecule has 1 fully saturated rings. The minimum Gasteiger partial charge on any atom is -0.356 e. The fourth-order valence-electron chi connectivity index (χ4n) is 2.56. The maximum Gasteiger partial charge on any atom is 0.228 e. The Balaban J connectivity index is 1.43.